The number of fused-ring (bicyclic) bond motifs is 1. The topological polar surface area (TPSA) is 93.5 Å². The van der Waals surface area contributed by atoms with Crippen molar-refractivity contribution in [2.75, 3.05) is 36.0 Å². The van der Waals surface area contributed by atoms with Crippen LogP contribution in [0.15, 0.2) is 53.7 Å². The van der Waals surface area contributed by atoms with Gasteiger partial charge in [-0.15, -0.1) is 0 Å². The molecule has 1 aromatic carbocycles. The first-order valence-corrected chi connectivity index (χ1v) is 10.7. The molecule has 0 N–H and O–H groups in total. The van der Waals surface area contributed by atoms with Crippen LogP contribution in [0.5, 0.6) is 5.75 Å². The first kappa shape index (κ1) is 20.2. The molecule has 1 fully saturated rings. The molecule has 1 atom stereocenters. The summed E-state index contributed by atoms with van der Waals surface area (Å²) in [6.45, 7) is 2.26. The molecular weight excluding hydrogens is 408 g/mol. The second-order valence-electron chi connectivity index (χ2n) is 8.02. The number of benzene rings is 1. The highest BCUT2D eigenvalue weighted by Crippen LogP contribution is 2.33. The third kappa shape index (κ3) is 3.70. The molecule has 4 heterocycles. The smallest absolute Gasteiger partial charge is 0.255 e. The molecule has 1 amide bonds. The summed E-state index contributed by atoms with van der Waals surface area (Å²) in [6, 6.07) is 10.8. The van der Waals surface area contributed by atoms with E-state index < -0.39 is 0 Å². The molecule has 32 heavy (non-hydrogen) atoms. The van der Waals surface area contributed by atoms with Crippen molar-refractivity contribution in [1.82, 2.24) is 19.5 Å². The number of amides is 1. The summed E-state index contributed by atoms with van der Waals surface area (Å²) in [5, 5.41) is 0. The van der Waals surface area contributed by atoms with E-state index in [0.29, 0.717) is 37.0 Å². The monoisotopic (exact) mass is 432 g/mol. The molecule has 3 aromatic rings. The summed E-state index contributed by atoms with van der Waals surface area (Å²) in [5.41, 5.74) is 1.74. The average Bonchev–Trinajstić information content (AvgIpc) is 2.85. The maximum Gasteiger partial charge on any atom is 0.255 e. The molecule has 5 rings (SSSR count). The van der Waals surface area contributed by atoms with Gasteiger partial charge >= 0.3 is 0 Å². The summed E-state index contributed by atoms with van der Waals surface area (Å²) in [7, 11) is 1.71. The highest BCUT2D eigenvalue weighted by atomic mass is 16.5. The van der Waals surface area contributed by atoms with Crippen molar-refractivity contribution in [2.24, 2.45) is 13.0 Å². The third-order valence-electron chi connectivity index (χ3n) is 6.00. The van der Waals surface area contributed by atoms with Gasteiger partial charge in [-0.25, -0.2) is 15.0 Å². The van der Waals surface area contributed by atoms with Crippen LogP contribution in [0.3, 0.4) is 0 Å². The average molecular weight is 432 g/mol. The number of aromatic nitrogens is 4. The minimum Gasteiger partial charge on any atom is -0.490 e. The third-order valence-corrected chi connectivity index (χ3v) is 6.00. The summed E-state index contributed by atoms with van der Waals surface area (Å²) < 4.78 is 7.23. The van der Waals surface area contributed by atoms with Gasteiger partial charge in [0.25, 0.3) is 5.56 Å². The molecular formula is C23H24N6O3. The Kier molecular flexibility index (Phi) is 5.30. The van der Waals surface area contributed by atoms with E-state index in [4.69, 9.17) is 9.72 Å². The number of rotatable bonds is 3. The number of nitrogens with zero attached hydrogens (tertiary/aromatic N) is 6. The van der Waals surface area contributed by atoms with E-state index in [9.17, 15) is 9.59 Å². The Bertz CT molecular complexity index is 1200. The fourth-order valence-corrected chi connectivity index (χ4v) is 4.36. The van der Waals surface area contributed by atoms with E-state index in [2.05, 4.69) is 9.97 Å². The van der Waals surface area contributed by atoms with Gasteiger partial charge in [0.1, 0.15) is 18.7 Å². The van der Waals surface area contributed by atoms with Crippen LogP contribution in [0.1, 0.15) is 12.8 Å². The molecule has 0 bridgehead atoms. The van der Waals surface area contributed by atoms with Crippen molar-refractivity contribution in [2.45, 2.75) is 12.8 Å². The van der Waals surface area contributed by atoms with Crippen LogP contribution in [-0.4, -0.2) is 51.7 Å². The van der Waals surface area contributed by atoms with Gasteiger partial charge in [-0.2, -0.15) is 0 Å². The van der Waals surface area contributed by atoms with E-state index in [-0.39, 0.29) is 17.4 Å². The maximum atomic E-state index is 13.5. The molecule has 2 aliphatic heterocycles. The number of ether oxygens (including phenoxy) is 1. The van der Waals surface area contributed by atoms with Gasteiger partial charge in [0.05, 0.1) is 29.5 Å². The standard InChI is InChI=1S/C23H24N6O3/c1-27-21(30)13-18(17-8-9-24-15-25-17)26-23(27)28-10-4-5-16(14-28)22(31)29-11-12-32-20-7-3-2-6-19(20)29/h2-3,6-9,13,15-16H,4-5,10-12,14H2,1H3. The fraction of sp³-hybridized carbons (Fsp3) is 0.348. The zero-order valence-electron chi connectivity index (χ0n) is 17.8. The van der Waals surface area contributed by atoms with Crippen molar-refractivity contribution < 1.29 is 9.53 Å². The normalized spacial score (nSPS) is 18.1. The number of para-hydroxylation sites is 2. The van der Waals surface area contributed by atoms with E-state index in [1.54, 1.807) is 19.3 Å². The van der Waals surface area contributed by atoms with Gasteiger partial charge in [0, 0.05) is 32.4 Å². The SMILES string of the molecule is Cn1c(N2CCCC(C(=O)N3CCOc4ccccc43)C2)nc(-c2ccncn2)cc1=O. The van der Waals surface area contributed by atoms with Gasteiger partial charge < -0.3 is 14.5 Å². The zero-order valence-corrected chi connectivity index (χ0v) is 17.8. The lowest BCUT2D eigenvalue weighted by Crippen LogP contribution is -2.48. The highest BCUT2D eigenvalue weighted by molar-refractivity contribution is 5.97. The Morgan fingerprint density at radius 3 is 2.88 bits per heavy atom. The van der Waals surface area contributed by atoms with Crippen molar-refractivity contribution in [3.05, 3.63) is 59.3 Å². The van der Waals surface area contributed by atoms with Crippen LogP contribution >= 0.6 is 0 Å². The number of piperidine rings is 1. The second-order valence-corrected chi connectivity index (χ2v) is 8.02. The Hall–Kier alpha value is -3.75. The predicted molar refractivity (Wildman–Crippen MR) is 120 cm³/mol. The summed E-state index contributed by atoms with van der Waals surface area (Å²) in [4.78, 5) is 42.8. The number of hydrogen-bond acceptors (Lipinski definition) is 7. The molecule has 0 spiro atoms. The van der Waals surface area contributed by atoms with E-state index in [1.165, 1.54) is 17.0 Å². The van der Waals surface area contributed by atoms with Crippen LogP contribution in [-0.2, 0) is 11.8 Å². The Balaban J connectivity index is 1.42. The van der Waals surface area contributed by atoms with Crippen molar-refractivity contribution in [3.8, 4) is 17.1 Å². The van der Waals surface area contributed by atoms with Crippen molar-refractivity contribution in [3.63, 3.8) is 0 Å². The zero-order chi connectivity index (χ0) is 22.1. The fourth-order valence-electron chi connectivity index (χ4n) is 4.36. The predicted octanol–water partition coefficient (Wildman–Crippen LogP) is 1.88. The second kappa shape index (κ2) is 8.41. The van der Waals surface area contributed by atoms with E-state index in [0.717, 1.165) is 30.8 Å². The van der Waals surface area contributed by atoms with Gasteiger partial charge in [0.2, 0.25) is 11.9 Å². The number of hydrogen-bond donors (Lipinski definition) is 0. The quantitative estimate of drug-likeness (QED) is 0.624. The van der Waals surface area contributed by atoms with Gasteiger partial charge in [-0.3, -0.25) is 14.2 Å². The maximum absolute atomic E-state index is 13.5. The molecule has 9 heteroatoms. The van der Waals surface area contributed by atoms with Crippen LogP contribution in [0.25, 0.3) is 11.4 Å². The van der Waals surface area contributed by atoms with Crippen LogP contribution in [0.4, 0.5) is 11.6 Å². The molecule has 164 valence electrons. The molecule has 0 radical (unpaired) electrons. The van der Waals surface area contributed by atoms with Crippen LogP contribution < -0.4 is 20.1 Å². The van der Waals surface area contributed by atoms with Gasteiger partial charge in [-0.1, -0.05) is 12.1 Å². The van der Waals surface area contributed by atoms with Crippen molar-refractivity contribution in [1.29, 1.82) is 0 Å². The lowest BCUT2D eigenvalue weighted by molar-refractivity contribution is -0.122. The van der Waals surface area contributed by atoms with Gasteiger partial charge in [0.15, 0.2) is 0 Å². The Labute approximate surface area is 185 Å². The minimum atomic E-state index is -0.186. The lowest BCUT2D eigenvalue weighted by atomic mass is 9.96. The summed E-state index contributed by atoms with van der Waals surface area (Å²) in [6.07, 6.45) is 4.70. The largest absolute Gasteiger partial charge is 0.490 e. The minimum absolute atomic E-state index is 0.0856. The summed E-state index contributed by atoms with van der Waals surface area (Å²) in [5.74, 6) is 1.18. The van der Waals surface area contributed by atoms with Crippen LogP contribution in [0.2, 0.25) is 0 Å². The van der Waals surface area contributed by atoms with Crippen LogP contribution in [0, 0.1) is 5.92 Å². The first-order valence-electron chi connectivity index (χ1n) is 10.7. The number of carbonyl (C=O) groups is 1. The lowest BCUT2D eigenvalue weighted by Gasteiger charge is -2.37. The highest BCUT2D eigenvalue weighted by Gasteiger charge is 2.33. The molecule has 0 aliphatic carbocycles. The molecule has 2 aliphatic rings. The molecule has 1 saturated heterocycles. The van der Waals surface area contributed by atoms with E-state index >= 15 is 0 Å². The Morgan fingerprint density at radius 1 is 1.16 bits per heavy atom. The number of anilines is 2. The first-order chi connectivity index (χ1) is 15.6. The van der Waals surface area contributed by atoms with E-state index in [1.807, 2.05) is 34.1 Å². The van der Waals surface area contributed by atoms with Gasteiger partial charge in [-0.05, 0) is 31.0 Å². The Morgan fingerprint density at radius 2 is 2.03 bits per heavy atom. The molecule has 9 nitrogen and oxygen atoms in total. The number of carbonyl (C=O) groups excluding carboxylic acids is 1. The molecule has 1 unspecified atom stereocenters. The summed E-state index contributed by atoms with van der Waals surface area (Å²) >= 11 is 0. The molecule has 0 saturated carbocycles. The molecule has 2 aromatic heterocycles. The van der Waals surface area contributed by atoms with Crippen molar-refractivity contribution >= 4 is 17.5 Å².